The van der Waals surface area contributed by atoms with Crippen molar-refractivity contribution in [2.45, 2.75) is 198 Å². The number of rotatable bonds is 18. The summed E-state index contributed by atoms with van der Waals surface area (Å²) < 4.78 is 63.3. The average molecular weight is 1070 g/mol. The number of aliphatic hydroxyl groups is 18. The molecule has 6 rings (SSSR count). The number of carbonyl (C=O) groups is 2. The maximum absolute atomic E-state index is 12.7. The van der Waals surface area contributed by atoms with Gasteiger partial charge in [0.05, 0.1) is 39.6 Å². The van der Waals surface area contributed by atoms with Crippen molar-refractivity contribution < 1.29 is 154 Å². The lowest BCUT2D eigenvalue weighted by atomic mass is 9.93. The third-order valence-corrected chi connectivity index (χ3v) is 13.2. The molecule has 6 aliphatic rings. The normalized spacial score (nSPS) is 49.8. The number of hydrogen-bond acceptors (Lipinski definition) is 31. The molecule has 30 atom stereocenters. The van der Waals surface area contributed by atoms with E-state index in [0.29, 0.717) is 0 Å². The van der Waals surface area contributed by atoms with Gasteiger partial charge in [0.25, 0.3) is 0 Å². The molecule has 0 aromatic heterocycles. The van der Waals surface area contributed by atoms with E-state index in [0.717, 1.165) is 13.8 Å². The number of nitrogens with one attached hydrogen (secondary N) is 2. The minimum absolute atomic E-state index is 0.856. The molecule has 6 fully saturated rings. The van der Waals surface area contributed by atoms with Gasteiger partial charge in [0, 0.05) is 13.8 Å². The first-order valence-electron chi connectivity index (χ1n) is 23.1. The molecule has 0 bridgehead atoms. The number of carbonyl (C=O) groups excluding carboxylic acids is 2. The average Bonchev–Trinajstić information content (AvgIpc) is 3.36. The Bertz CT molecular complexity index is 1750. The van der Waals surface area contributed by atoms with Crippen LogP contribution in [-0.2, 0) is 61.7 Å². The van der Waals surface area contributed by atoms with Crippen LogP contribution in [0.15, 0.2) is 0 Å². The Hall–Kier alpha value is -2.22. The summed E-state index contributed by atoms with van der Waals surface area (Å²) in [7, 11) is 0. The fraction of sp³-hybridized carbons (Fsp3) is 0.950. The second-order valence-corrected chi connectivity index (χ2v) is 18.2. The molecule has 0 aliphatic carbocycles. The van der Waals surface area contributed by atoms with Gasteiger partial charge in [0.15, 0.2) is 37.7 Å². The van der Waals surface area contributed by atoms with E-state index in [1.54, 1.807) is 0 Å². The van der Waals surface area contributed by atoms with E-state index in [1.807, 2.05) is 0 Å². The zero-order valence-corrected chi connectivity index (χ0v) is 38.9. The summed E-state index contributed by atoms with van der Waals surface area (Å²) in [5, 5.41) is 197. The molecule has 0 aromatic rings. The molecule has 0 radical (unpaired) electrons. The van der Waals surface area contributed by atoms with Crippen LogP contribution in [0, 0.1) is 0 Å². The van der Waals surface area contributed by atoms with Crippen LogP contribution in [0.3, 0.4) is 0 Å². The Kier molecular flexibility index (Phi) is 21.3. The van der Waals surface area contributed by atoms with Crippen molar-refractivity contribution >= 4 is 11.8 Å². The van der Waals surface area contributed by atoms with E-state index in [9.17, 15) is 102 Å². The molecule has 0 unspecified atom stereocenters. The molecular formula is C40H68N2O31. The van der Waals surface area contributed by atoms with Crippen LogP contribution < -0.4 is 10.6 Å². The highest BCUT2D eigenvalue weighted by atomic mass is 16.8. The summed E-state index contributed by atoms with van der Waals surface area (Å²) in [6.07, 6.45) is -54.0. The van der Waals surface area contributed by atoms with E-state index >= 15 is 0 Å². The smallest absolute Gasteiger partial charge is 0.217 e. The third kappa shape index (κ3) is 12.9. The maximum Gasteiger partial charge on any atom is 0.217 e. The van der Waals surface area contributed by atoms with E-state index in [-0.39, 0.29) is 0 Å². The standard InChI is InChI=1S/C40H68N2O31/c1-9(49)41-17-22(54)30(70-38-26(58)24(56)19(51)11(3-43)64-38)14(6-46)66-36(17)69-32-16(8-48)68-40(72-33-21(53)13(5-45)63-35(62)29(33)61)34(28(32)60)73-37-18(42-10(2)50)23(55)31(15(7-47)67-37)71-39-27(59)25(57)20(52)12(4-44)65-39/h11-40,43-48,51-62H,3-8H2,1-2H3,(H,41,49)(H,42,50)/t11-,12-,13-,14-,15-,16-,17-,18-,19+,20+,21-,22-,23-,24+,25+,26-,27-,28+,29+,30-,31-,32-,33+,34+,35-,36+,37+,38+,39+,40-/m1/s1. The Morgan fingerprint density at radius 1 is 0.329 bits per heavy atom. The van der Waals surface area contributed by atoms with Gasteiger partial charge in [0.2, 0.25) is 11.8 Å². The van der Waals surface area contributed by atoms with Gasteiger partial charge in [-0.3, -0.25) is 9.59 Å². The molecule has 2 amide bonds. The van der Waals surface area contributed by atoms with Gasteiger partial charge < -0.3 is 155 Å². The van der Waals surface area contributed by atoms with Crippen molar-refractivity contribution in [1.29, 1.82) is 0 Å². The number of hydrogen-bond donors (Lipinski definition) is 20. The zero-order chi connectivity index (χ0) is 53.9. The van der Waals surface area contributed by atoms with Gasteiger partial charge >= 0.3 is 0 Å². The van der Waals surface area contributed by atoms with E-state index in [2.05, 4.69) is 10.6 Å². The fourth-order valence-corrected chi connectivity index (χ4v) is 9.31. The Balaban J connectivity index is 1.33. The fourth-order valence-electron chi connectivity index (χ4n) is 9.31. The molecule has 73 heavy (non-hydrogen) atoms. The summed E-state index contributed by atoms with van der Waals surface area (Å²) >= 11 is 0. The number of amides is 2. The van der Waals surface area contributed by atoms with Gasteiger partial charge in [-0.2, -0.15) is 0 Å². The van der Waals surface area contributed by atoms with Crippen LogP contribution in [-0.4, -0.2) is 327 Å². The lowest BCUT2D eigenvalue weighted by molar-refractivity contribution is -0.400. The second kappa shape index (κ2) is 26.0. The molecule has 6 aliphatic heterocycles. The monoisotopic (exact) mass is 1070 g/mol. The van der Waals surface area contributed by atoms with Crippen molar-refractivity contribution in [1.82, 2.24) is 10.6 Å². The Labute approximate surface area is 413 Å². The number of ether oxygens (including phenoxy) is 11. The maximum atomic E-state index is 12.7. The SMILES string of the molecule is CC(=O)N[C@H]1[C@H](O[C@@H]2[C@@H](O[C@@H]3[C@H](O)[C@H](O)O[C@H](CO)[C@H]3O)O[C@H](CO)[C@@H](O[C@@H]3O[C@H](CO)[C@@H](O[C@@H]4O[C@H](CO)[C@H](O)[C@H](O)[C@H]4O)[C@H](O)[C@H]3NC(C)=O)[C@@H]2O)O[C@H](CO)[C@@H](O[C@@H]2O[C@H](CO)[C@H](O)[C@H](O)[C@H]2O)[C@@H]1O. The van der Waals surface area contributed by atoms with Gasteiger partial charge in [0.1, 0.15) is 146 Å². The number of aliphatic hydroxyl groups excluding tert-OH is 18. The van der Waals surface area contributed by atoms with Gasteiger partial charge in [-0.1, -0.05) is 0 Å². The van der Waals surface area contributed by atoms with E-state index in [1.165, 1.54) is 0 Å². The van der Waals surface area contributed by atoms with Crippen molar-refractivity contribution in [2.75, 3.05) is 39.6 Å². The molecule has 33 nitrogen and oxygen atoms in total. The van der Waals surface area contributed by atoms with E-state index in [4.69, 9.17) is 52.1 Å². The first kappa shape index (κ1) is 60.0. The summed E-state index contributed by atoms with van der Waals surface area (Å²) in [4.78, 5) is 25.3. The van der Waals surface area contributed by atoms with Gasteiger partial charge in [-0.15, -0.1) is 0 Å². The molecule has 6 heterocycles. The van der Waals surface area contributed by atoms with Crippen LogP contribution in [0.2, 0.25) is 0 Å². The van der Waals surface area contributed by atoms with Crippen LogP contribution in [0.1, 0.15) is 13.8 Å². The quantitative estimate of drug-likeness (QED) is 0.0606. The molecule has 0 aromatic carbocycles. The molecule has 424 valence electrons. The van der Waals surface area contributed by atoms with Crippen molar-refractivity contribution in [2.24, 2.45) is 0 Å². The molecule has 20 N–H and O–H groups in total. The molecule has 33 heteroatoms. The summed E-state index contributed by atoms with van der Waals surface area (Å²) in [5.74, 6) is -1.74. The minimum atomic E-state index is -2.30. The predicted molar refractivity (Wildman–Crippen MR) is 222 cm³/mol. The largest absolute Gasteiger partial charge is 0.394 e. The van der Waals surface area contributed by atoms with E-state index < -0.39 is 236 Å². The lowest BCUT2D eigenvalue weighted by Gasteiger charge is -2.51. The van der Waals surface area contributed by atoms with Gasteiger partial charge in [-0.25, -0.2) is 0 Å². The molecule has 0 spiro atoms. The van der Waals surface area contributed by atoms with Crippen molar-refractivity contribution in [3.05, 3.63) is 0 Å². The van der Waals surface area contributed by atoms with Crippen molar-refractivity contribution in [3.63, 3.8) is 0 Å². The van der Waals surface area contributed by atoms with Crippen LogP contribution in [0.25, 0.3) is 0 Å². The van der Waals surface area contributed by atoms with Crippen molar-refractivity contribution in [3.8, 4) is 0 Å². The highest BCUT2D eigenvalue weighted by molar-refractivity contribution is 5.73. The van der Waals surface area contributed by atoms with Crippen LogP contribution >= 0.6 is 0 Å². The summed E-state index contributed by atoms with van der Waals surface area (Å²) in [6.45, 7) is -3.93. The summed E-state index contributed by atoms with van der Waals surface area (Å²) in [6, 6.07) is -3.63. The van der Waals surface area contributed by atoms with Crippen LogP contribution in [0.5, 0.6) is 0 Å². The Morgan fingerprint density at radius 2 is 0.644 bits per heavy atom. The summed E-state index contributed by atoms with van der Waals surface area (Å²) in [5.41, 5.74) is 0. The zero-order valence-electron chi connectivity index (χ0n) is 38.9. The topological polar surface area (TPSA) is 524 Å². The second-order valence-electron chi connectivity index (χ2n) is 18.2. The lowest BCUT2D eigenvalue weighted by Crippen LogP contribution is -2.71. The van der Waals surface area contributed by atoms with Gasteiger partial charge in [-0.05, 0) is 0 Å². The highest BCUT2D eigenvalue weighted by Gasteiger charge is 2.59. The highest BCUT2D eigenvalue weighted by Crippen LogP contribution is 2.38. The first-order valence-corrected chi connectivity index (χ1v) is 23.1. The molecule has 0 saturated carbocycles. The Morgan fingerprint density at radius 3 is 1.03 bits per heavy atom. The molecule has 6 saturated heterocycles. The predicted octanol–water partition coefficient (Wildman–Crippen LogP) is -13.8. The van der Waals surface area contributed by atoms with Crippen LogP contribution in [0.4, 0.5) is 0 Å². The first-order chi connectivity index (χ1) is 34.5. The minimum Gasteiger partial charge on any atom is -0.394 e. The third-order valence-electron chi connectivity index (χ3n) is 13.2. The molecular weight excluding hydrogens is 1000 g/mol.